The maximum Gasteiger partial charge on any atom is 0.291 e. The number of anilines is 1. The molecule has 34 heavy (non-hydrogen) atoms. The highest BCUT2D eigenvalue weighted by Crippen LogP contribution is 2.91. The van der Waals surface area contributed by atoms with Gasteiger partial charge in [0, 0.05) is 35.3 Å². The van der Waals surface area contributed by atoms with Crippen molar-refractivity contribution in [3.05, 3.63) is 76.9 Å². The molecule has 2 amide bonds. The summed E-state index contributed by atoms with van der Waals surface area (Å²) in [5.74, 6) is -2.97. The average Bonchev–Trinajstić information content (AvgIpc) is 3.48. The van der Waals surface area contributed by atoms with Crippen LogP contribution in [0.15, 0.2) is 48.1 Å². The number of rotatable bonds is 6. The number of nitrogens with zero attached hydrogens (tertiary/aromatic N) is 3. The van der Waals surface area contributed by atoms with Gasteiger partial charge in [-0.05, 0) is 30.2 Å². The molecule has 2 fully saturated rings. The zero-order valence-corrected chi connectivity index (χ0v) is 18.4. The number of hydrogen-bond donors (Lipinski definition) is 3. The molecular formula is C24H20F2N6O2. The molecule has 2 aliphatic carbocycles. The number of nitriles is 1. The second kappa shape index (κ2) is 7.18. The van der Waals surface area contributed by atoms with Crippen LogP contribution in [0.25, 0.3) is 0 Å². The van der Waals surface area contributed by atoms with Crippen LogP contribution in [0.1, 0.15) is 41.8 Å². The lowest BCUT2D eigenvalue weighted by Crippen LogP contribution is -2.53. The van der Waals surface area contributed by atoms with Crippen LogP contribution in [0.3, 0.4) is 0 Å². The van der Waals surface area contributed by atoms with Gasteiger partial charge in [-0.15, -0.1) is 5.10 Å². The number of allylic oxidation sites excluding steroid dienone is 5. The van der Waals surface area contributed by atoms with Gasteiger partial charge in [0.25, 0.3) is 11.8 Å². The summed E-state index contributed by atoms with van der Waals surface area (Å²) < 4.78 is 28.1. The van der Waals surface area contributed by atoms with E-state index < -0.39 is 34.4 Å². The Balaban J connectivity index is 1.29. The monoisotopic (exact) mass is 462 g/mol. The Labute approximate surface area is 193 Å². The van der Waals surface area contributed by atoms with Gasteiger partial charge in [-0.1, -0.05) is 25.7 Å². The fraction of sp³-hybridized carbons (Fsp3) is 0.292. The van der Waals surface area contributed by atoms with E-state index in [4.69, 9.17) is 5.26 Å². The van der Waals surface area contributed by atoms with Gasteiger partial charge in [-0.3, -0.25) is 14.7 Å². The highest BCUT2D eigenvalue weighted by atomic mass is 19.1. The number of carbonyl (C=O) groups excluding carboxylic acids is 2. The van der Waals surface area contributed by atoms with Gasteiger partial charge < -0.3 is 10.6 Å². The molecule has 2 saturated carbocycles. The van der Waals surface area contributed by atoms with E-state index in [0.29, 0.717) is 29.0 Å². The van der Waals surface area contributed by atoms with Crippen LogP contribution in [0, 0.1) is 34.3 Å². The van der Waals surface area contributed by atoms with Crippen molar-refractivity contribution in [2.45, 2.75) is 31.7 Å². The van der Waals surface area contributed by atoms with Crippen LogP contribution in [-0.2, 0) is 11.2 Å². The number of amides is 2. The molecule has 0 bridgehead atoms. The van der Waals surface area contributed by atoms with Gasteiger partial charge in [0.15, 0.2) is 0 Å². The predicted octanol–water partition coefficient (Wildman–Crippen LogP) is 3.06. The lowest BCUT2D eigenvalue weighted by atomic mass is 9.86. The quantitative estimate of drug-likeness (QED) is 0.450. The van der Waals surface area contributed by atoms with E-state index in [2.05, 4.69) is 32.4 Å². The second-order valence-electron chi connectivity index (χ2n) is 9.07. The standard InChI is InChI=1S/C24H20F2N6O2/c1-11(5-4-6-12(2)10-27)7-16-28-20(32-31-16)21(33)30-24-19-17(23(19,24)3)14-8-13(25)9-15(26)18(14)29-22(24)34/h4-6,8-9,17,19H,1,7H2,2-3H3,(H,29,34)(H,30,33)(H,28,31,32)/b5-4-,12-6+. The van der Waals surface area contributed by atoms with E-state index in [0.717, 1.165) is 6.07 Å². The molecule has 0 saturated heterocycles. The topological polar surface area (TPSA) is 124 Å². The molecule has 0 spiro atoms. The third-order valence-corrected chi connectivity index (χ3v) is 7.06. The summed E-state index contributed by atoms with van der Waals surface area (Å²) in [4.78, 5) is 30.1. The van der Waals surface area contributed by atoms with Crippen molar-refractivity contribution >= 4 is 17.5 Å². The van der Waals surface area contributed by atoms with Crippen molar-refractivity contribution in [1.29, 1.82) is 5.26 Å². The fourth-order valence-electron chi connectivity index (χ4n) is 5.28. The van der Waals surface area contributed by atoms with Crippen LogP contribution in [0.5, 0.6) is 0 Å². The summed E-state index contributed by atoms with van der Waals surface area (Å²) in [5, 5.41) is 20.7. The van der Waals surface area contributed by atoms with Gasteiger partial charge in [0.1, 0.15) is 23.0 Å². The van der Waals surface area contributed by atoms with E-state index in [9.17, 15) is 18.4 Å². The lowest BCUT2D eigenvalue weighted by Gasteiger charge is -2.26. The van der Waals surface area contributed by atoms with E-state index in [1.165, 1.54) is 6.07 Å². The largest absolute Gasteiger partial charge is 0.334 e. The lowest BCUT2D eigenvalue weighted by molar-refractivity contribution is -0.121. The highest BCUT2D eigenvalue weighted by Gasteiger charge is 2.97. The highest BCUT2D eigenvalue weighted by molar-refractivity contribution is 6.11. The summed E-state index contributed by atoms with van der Waals surface area (Å²) in [7, 11) is 0. The molecule has 4 atom stereocenters. The minimum atomic E-state index is -1.23. The Bertz CT molecular complexity index is 1390. The maximum absolute atomic E-state index is 14.3. The summed E-state index contributed by atoms with van der Waals surface area (Å²) in [6.45, 7) is 7.41. The smallest absolute Gasteiger partial charge is 0.291 e. The zero-order valence-electron chi connectivity index (χ0n) is 18.4. The van der Waals surface area contributed by atoms with Crippen molar-refractivity contribution in [3.8, 4) is 6.07 Å². The number of aromatic amines is 1. The fourth-order valence-corrected chi connectivity index (χ4v) is 5.28. The molecule has 8 nitrogen and oxygen atoms in total. The van der Waals surface area contributed by atoms with Crippen LogP contribution >= 0.6 is 0 Å². The first-order valence-corrected chi connectivity index (χ1v) is 10.6. The SMILES string of the molecule is C=C(/C=C\C=C(/C)C#N)Cc1nc(C(=O)NC23C(=O)Nc4c(F)cc(F)cc4C4C2C43C)n[nH]1. The number of halogens is 2. The minimum Gasteiger partial charge on any atom is -0.334 e. The summed E-state index contributed by atoms with van der Waals surface area (Å²) in [6, 6.07) is 3.97. The summed E-state index contributed by atoms with van der Waals surface area (Å²) in [6.07, 6.45) is 5.35. The molecule has 1 aromatic carbocycles. The molecule has 3 N–H and O–H groups in total. The Morgan fingerprint density at radius 1 is 1.41 bits per heavy atom. The Kier molecular flexibility index (Phi) is 4.59. The number of hydrogen-bond acceptors (Lipinski definition) is 5. The normalized spacial score (nSPS) is 28.3. The molecular weight excluding hydrogens is 442 g/mol. The van der Waals surface area contributed by atoms with Gasteiger partial charge >= 0.3 is 0 Å². The molecule has 10 heteroatoms. The van der Waals surface area contributed by atoms with Crippen LogP contribution in [0.4, 0.5) is 14.5 Å². The first-order valence-electron chi connectivity index (χ1n) is 10.6. The molecule has 3 aliphatic rings. The Morgan fingerprint density at radius 2 is 2.15 bits per heavy atom. The number of nitrogens with one attached hydrogen (secondary N) is 3. The van der Waals surface area contributed by atoms with E-state index >= 15 is 0 Å². The number of aromatic nitrogens is 3. The molecule has 172 valence electrons. The van der Waals surface area contributed by atoms with Crippen LogP contribution in [-0.4, -0.2) is 32.5 Å². The molecule has 1 aliphatic heterocycles. The van der Waals surface area contributed by atoms with Gasteiger partial charge in [-0.25, -0.2) is 13.8 Å². The summed E-state index contributed by atoms with van der Waals surface area (Å²) in [5.41, 5.74) is -0.259. The first-order chi connectivity index (χ1) is 16.1. The average molecular weight is 462 g/mol. The van der Waals surface area contributed by atoms with Crippen LogP contribution < -0.4 is 10.6 Å². The van der Waals surface area contributed by atoms with E-state index in [1.807, 2.05) is 13.0 Å². The van der Waals surface area contributed by atoms with Gasteiger partial charge in [0.2, 0.25) is 5.82 Å². The molecule has 1 aromatic heterocycles. The van der Waals surface area contributed by atoms with Crippen LogP contribution in [0.2, 0.25) is 0 Å². The molecule has 5 rings (SSSR count). The number of carbonyl (C=O) groups is 2. The molecule has 4 unspecified atom stereocenters. The number of fused-ring (bicyclic) bond motifs is 4. The molecule has 2 aromatic rings. The molecule has 2 heterocycles. The van der Waals surface area contributed by atoms with E-state index in [-0.39, 0.29) is 23.3 Å². The Hall–Kier alpha value is -4.13. The van der Waals surface area contributed by atoms with E-state index in [1.54, 1.807) is 25.2 Å². The third-order valence-electron chi connectivity index (χ3n) is 7.06. The van der Waals surface area contributed by atoms with Crippen molar-refractivity contribution in [1.82, 2.24) is 20.5 Å². The van der Waals surface area contributed by atoms with Crippen molar-refractivity contribution in [3.63, 3.8) is 0 Å². The number of benzene rings is 1. The first kappa shape index (κ1) is 21.7. The predicted molar refractivity (Wildman–Crippen MR) is 117 cm³/mol. The Morgan fingerprint density at radius 3 is 2.85 bits per heavy atom. The number of H-pyrrole nitrogens is 1. The van der Waals surface area contributed by atoms with Crippen molar-refractivity contribution in [2.24, 2.45) is 11.3 Å². The molecule has 0 radical (unpaired) electrons. The van der Waals surface area contributed by atoms with Gasteiger partial charge in [-0.2, -0.15) is 5.26 Å². The second-order valence-corrected chi connectivity index (χ2v) is 9.07. The van der Waals surface area contributed by atoms with Crippen molar-refractivity contribution < 1.29 is 18.4 Å². The minimum absolute atomic E-state index is 0.0368. The van der Waals surface area contributed by atoms with Crippen molar-refractivity contribution in [2.75, 3.05) is 5.32 Å². The van der Waals surface area contributed by atoms with Gasteiger partial charge in [0.05, 0.1) is 11.8 Å². The maximum atomic E-state index is 14.3. The summed E-state index contributed by atoms with van der Waals surface area (Å²) >= 11 is 0. The third kappa shape index (κ3) is 2.93. The zero-order chi connectivity index (χ0) is 24.4.